The van der Waals surface area contributed by atoms with Gasteiger partial charge in [0, 0.05) is 38.0 Å². The largest absolute Gasteiger partial charge is 0.497 e. The van der Waals surface area contributed by atoms with Crippen molar-refractivity contribution in [2.24, 2.45) is 7.05 Å². The third kappa shape index (κ3) is 4.04. The Labute approximate surface area is 140 Å². The fourth-order valence-corrected chi connectivity index (χ4v) is 3.43. The lowest BCUT2D eigenvalue weighted by atomic mass is 10.2. The van der Waals surface area contributed by atoms with Crippen molar-refractivity contribution in [2.45, 2.75) is 5.16 Å². The molecule has 0 radical (unpaired) electrons. The number of hydrogen-bond acceptors (Lipinski definition) is 6. The van der Waals surface area contributed by atoms with Crippen LogP contribution in [0.4, 0.5) is 0 Å². The third-order valence-corrected chi connectivity index (χ3v) is 4.93. The van der Waals surface area contributed by atoms with E-state index < -0.39 is 0 Å². The maximum atomic E-state index is 5.37. The molecule has 7 heteroatoms. The number of rotatable bonds is 6. The van der Waals surface area contributed by atoms with Gasteiger partial charge in [-0.25, -0.2) is 0 Å². The predicted octanol–water partition coefficient (Wildman–Crippen LogP) is 1.91. The zero-order valence-electron chi connectivity index (χ0n) is 13.6. The lowest BCUT2D eigenvalue weighted by Gasteiger charge is -2.26. The Morgan fingerprint density at radius 2 is 1.91 bits per heavy atom. The summed E-state index contributed by atoms with van der Waals surface area (Å²) in [7, 11) is 3.68. The highest BCUT2D eigenvalue weighted by atomic mass is 32.2. The van der Waals surface area contributed by atoms with E-state index in [1.54, 1.807) is 18.9 Å². The number of methoxy groups -OCH3 is 1. The fraction of sp³-hybridized carbons (Fsp3) is 0.500. The van der Waals surface area contributed by atoms with Gasteiger partial charge in [-0.15, -0.1) is 10.2 Å². The Hall–Kier alpha value is -1.57. The monoisotopic (exact) mass is 334 g/mol. The first-order valence-corrected chi connectivity index (χ1v) is 8.73. The van der Waals surface area contributed by atoms with E-state index in [9.17, 15) is 0 Å². The van der Waals surface area contributed by atoms with E-state index in [-0.39, 0.29) is 0 Å². The molecule has 1 aliphatic rings. The number of hydrogen-bond donors (Lipinski definition) is 0. The summed E-state index contributed by atoms with van der Waals surface area (Å²) in [4.78, 5) is 2.43. The summed E-state index contributed by atoms with van der Waals surface area (Å²) in [6, 6.07) is 7.89. The Bertz CT molecular complexity index is 624. The zero-order valence-corrected chi connectivity index (χ0v) is 14.4. The summed E-state index contributed by atoms with van der Waals surface area (Å²) in [5.74, 6) is 2.73. The SMILES string of the molecule is COc1ccc(-c2nnc(SCCN3CCOCC3)n2C)cc1. The minimum absolute atomic E-state index is 0.843. The van der Waals surface area contributed by atoms with Crippen LogP contribution in [0.25, 0.3) is 11.4 Å². The van der Waals surface area contributed by atoms with E-state index in [0.29, 0.717) is 0 Å². The standard InChI is InChI=1S/C16H22N4O2S/c1-19-15(13-3-5-14(21-2)6-4-13)17-18-16(19)23-12-9-20-7-10-22-11-8-20/h3-6H,7-12H2,1-2H3. The quantitative estimate of drug-likeness (QED) is 0.752. The molecule has 0 bridgehead atoms. The van der Waals surface area contributed by atoms with Gasteiger partial charge in [0.15, 0.2) is 11.0 Å². The topological polar surface area (TPSA) is 52.4 Å². The van der Waals surface area contributed by atoms with Crippen molar-refractivity contribution in [2.75, 3.05) is 45.7 Å². The summed E-state index contributed by atoms with van der Waals surface area (Å²) in [5.41, 5.74) is 1.04. The van der Waals surface area contributed by atoms with Crippen molar-refractivity contribution in [1.82, 2.24) is 19.7 Å². The Morgan fingerprint density at radius 3 is 2.61 bits per heavy atom. The highest BCUT2D eigenvalue weighted by Gasteiger charge is 2.13. The minimum atomic E-state index is 0.843. The highest BCUT2D eigenvalue weighted by molar-refractivity contribution is 7.99. The normalized spacial score (nSPS) is 15.7. The molecule has 0 N–H and O–H groups in total. The van der Waals surface area contributed by atoms with Crippen molar-refractivity contribution in [3.8, 4) is 17.1 Å². The number of nitrogens with zero attached hydrogens (tertiary/aromatic N) is 4. The van der Waals surface area contributed by atoms with Crippen LogP contribution in [-0.2, 0) is 11.8 Å². The summed E-state index contributed by atoms with van der Waals surface area (Å²) in [6.45, 7) is 4.79. The maximum absolute atomic E-state index is 5.37. The molecule has 1 aromatic carbocycles. The summed E-state index contributed by atoms with van der Waals surface area (Å²) >= 11 is 1.75. The first-order chi connectivity index (χ1) is 11.3. The van der Waals surface area contributed by atoms with Crippen molar-refractivity contribution in [3.05, 3.63) is 24.3 Å². The molecule has 3 rings (SSSR count). The number of aromatic nitrogens is 3. The second kappa shape index (κ2) is 7.81. The van der Waals surface area contributed by atoms with E-state index in [0.717, 1.165) is 60.9 Å². The molecular weight excluding hydrogens is 312 g/mol. The van der Waals surface area contributed by atoms with Crippen molar-refractivity contribution in [3.63, 3.8) is 0 Å². The third-order valence-electron chi connectivity index (χ3n) is 3.93. The van der Waals surface area contributed by atoms with Crippen LogP contribution in [0, 0.1) is 0 Å². The molecule has 124 valence electrons. The molecule has 1 aromatic heterocycles. The molecule has 0 amide bonds. The molecule has 1 saturated heterocycles. The lowest BCUT2D eigenvalue weighted by Crippen LogP contribution is -2.37. The van der Waals surface area contributed by atoms with Crippen LogP contribution in [0.2, 0.25) is 0 Å². The van der Waals surface area contributed by atoms with Gasteiger partial charge in [0.2, 0.25) is 0 Å². The van der Waals surface area contributed by atoms with Gasteiger partial charge in [-0.2, -0.15) is 0 Å². The average Bonchev–Trinajstić information content (AvgIpc) is 2.97. The molecular formula is C16H22N4O2S. The molecule has 1 fully saturated rings. The van der Waals surface area contributed by atoms with Gasteiger partial charge in [-0.1, -0.05) is 11.8 Å². The van der Waals surface area contributed by atoms with Gasteiger partial charge < -0.3 is 14.0 Å². The maximum Gasteiger partial charge on any atom is 0.191 e. The smallest absolute Gasteiger partial charge is 0.191 e. The molecule has 23 heavy (non-hydrogen) atoms. The van der Waals surface area contributed by atoms with Crippen LogP contribution in [0.5, 0.6) is 5.75 Å². The van der Waals surface area contributed by atoms with Gasteiger partial charge in [-0.05, 0) is 24.3 Å². The summed E-state index contributed by atoms with van der Waals surface area (Å²) in [5, 5.41) is 9.59. The summed E-state index contributed by atoms with van der Waals surface area (Å²) < 4.78 is 12.6. The average molecular weight is 334 g/mol. The second-order valence-corrected chi connectivity index (χ2v) is 6.46. The first-order valence-electron chi connectivity index (χ1n) is 7.74. The number of benzene rings is 1. The summed E-state index contributed by atoms with van der Waals surface area (Å²) in [6.07, 6.45) is 0. The van der Waals surface area contributed by atoms with E-state index in [4.69, 9.17) is 9.47 Å². The van der Waals surface area contributed by atoms with Crippen LogP contribution in [-0.4, -0.2) is 65.4 Å². The highest BCUT2D eigenvalue weighted by Crippen LogP contribution is 2.24. The van der Waals surface area contributed by atoms with Gasteiger partial charge in [0.1, 0.15) is 5.75 Å². The van der Waals surface area contributed by atoms with Crippen LogP contribution < -0.4 is 4.74 Å². The number of morpholine rings is 1. The van der Waals surface area contributed by atoms with Crippen molar-refractivity contribution >= 4 is 11.8 Å². The predicted molar refractivity (Wildman–Crippen MR) is 91.0 cm³/mol. The van der Waals surface area contributed by atoms with E-state index in [1.165, 1.54) is 0 Å². The Morgan fingerprint density at radius 1 is 1.17 bits per heavy atom. The second-order valence-electron chi connectivity index (χ2n) is 5.40. The van der Waals surface area contributed by atoms with Crippen molar-refractivity contribution < 1.29 is 9.47 Å². The Kier molecular flexibility index (Phi) is 5.53. The Balaban J connectivity index is 1.59. The van der Waals surface area contributed by atoms with Crippen molar-refractivity contribution in [1.29, 1.82) is 0 Å². The molecule has 0 spiro atoms. The molecule has 0 aliphatic carbocycles. The van der Waals surface area contributed by atoms with Crippen LogP contribution in [0.1, 0.15) is 0 Å². The molecule has 0 unspecified atom stereocenters. The zero-order chi connectivity index (χ0) is 16.1. The molecule has 2 heterocycles. The van der Waals surface area contributed by atoms with Crippen LogP contribution >= 0.6 is 11.8 Å². The number of ether oxygens (including phenoxy) is 2. The first kappa shape index (κ1) is 16.3. The van der Waals surface area contributed by atoms with Gasteiger partial charge in [0.05, 0.1) is 20.3 Å². The van der Waals surface area contributed by atoms with E-state index in [1.807, 2.05) is 35.9 Å². The van der Waals surface area contributed by atoms with Crippen LogP contribution in [0.15, 0.2) is 29.4 Å². The van der Waals surface area contributed by atoms with Crippen LogP contribution in [0.3, 0.4) is 0 Å². The molecule has 0 atom stereocenters. The van der Waals surface area contributed by atoms with Gasteiger partial charge in [0.25, 0.3) is 0 Å². The molecule has 1 aliphatic heterocycles. The lowest BCUT2D eigenvalue weighted by molar-refractivity contribution is 0.0410. The molecule has 2 aromatic rings. The molecule has 0 saturated carbocycles. The molecule has 6 nitrogen and oxygen atoms in total. The van der Waals surface area contributed by atoms with E-state index in [2.05, 4.69) is 15.1 Å². The van der Waals surface area contributed by atoms with Gasteiger partial charge in [-0.3, -0.25) is 4.90 Å². The van der Waals surface area contributed by atoms with E-state index >= 15 is 0 Å². The number of thioether (sulfide) groups is 1. The van der Waals surface area contributed by atoms with Gasteiger partial charge >= 0.3 is 0 Å². The minimum Gasteiger partial charge on any atom is -0.497 e. The fourth-order valence-electron chi connectivity index (χ4n) is 2.52.